The van der Waals surface area contributed by atoms with Crippen LogP contribution in [-0.2, 0) is 30.2 Å². The Bertz CT molecular complexity index is 1400. The van der Waals surface area contributed by atoms with Gasteiger partial charge in [-0.25, -0.2) is 4.68 Å². The molecule has 1 saturated heterocycles. The van der Waals surface area contributed by atoms with Crippen molar-refractivity contribution in [3.8, 4) is 12.3 Å². The molecule has 3 heterocycles. The van der Waals surface area contributed by atoms with Gasteiger partial charge >= 0.3 is 0 Å². The highest BCUT2D eigenvalue weighted by atomic mass is 35.5. The number of rotatable bonds is 19. The smallest absolute Gasteiger partial charge is 0.251 e. The van der Waals surface area contributed by atoms with Crippen molar-refractivity contribution in [3.05, 3.63) is 46.9 Å². The van der Waals surface area contributed by atoms with Gasteiger partial charge in [-0.1, -0.05) is 18.1 Å². The fourth-order valence-corrected chi connectivity index (χ4v) is 4.56. The van der Waals surface area contributed by atoms with E-state index in [0.717, 1.165) is 5.56 Å². The molecular formula is C29H37ClN6O9. The quantitative estimate of drug-likeness (QED) is 0.0670. The molecule has 0 unspecified atom stereocenters. The maximum Gasteiger partial charge on any atom is 0.251 e. The Hall–Kier alpha value is -3.43. The van der Waals surface area contributed by atoms with Crippen molar-refractivity contribution >= 4 is 34.4 Å². The van der Waals surface area contributed by atoms with Crippen LogP contribution < -0.4 is 10.6 Å². The number of fused-ring (bicyclic) bond motifs is 1. The molecule has 1 fully saturated rings. The zero-order chi connectivity index (χ0) is 32.0. The monoisotopic (exact) mass is 648 g/mol. The highest BCUT2D eigenvalue weighted by Gasteiger charge is 2.44. The lowest BCUT2D eigenvalue weighted by molar-refractivity contribution is -0.0566. The Labute approximate surface area is 264 Å². The number of benzene rings is 1. The van der Waals surface area contributed by atoms with Gasteiger partial charge in [-0.05, 0) is 29.3 Å². The molecule has 244 valence electrons. The predicted octanol–water partition coefficient (Wildman–Crippen LogP) is 0.133. The van der Waals surface area contributed by atoms with Crippen molar-refractivity contribution in [1.82, 2.24) is 25.1 Å². The number of aliphatic hydroxyl groups excluding tert-OH is 3. The number of anilines is 1. The Kier molecular flexibility index (Phi) is 13.7. The highest BCUT2D eigenvalue weighted by Crippen LogP contribution is 2.32. The standard InChI is InChI=1S/C29H37ClN6O9/c1-2-8-41-10-12-43-14-15-44-13-11-42-9-7-31-27(40)20-5-3-19(4-6-20)16-32-25-21-17-33-36(26(21)35-29(30)34-25)28-24(39)23(38)22(18-37)45-28/h1,3-6,17,22-24,28,37-39H,7-16,18H2,(H,31,40)(H,32,34,35)/t22-,23-,24-,28-/m1/s1. The lowest BCUT2D eigenvalue weighted by Gasteiger charge is -2.16. The van der Waals surface area contributed by atoms with Crippen molar-refractivity contribution in [1.29, 1.82) is 0 Å². The Morgan fingerprint density at radius 3 is 2.31 bits per heavy atom. The maximum absolute atomic E-state index is 12.5. The molecule has 0 bridgehead atoms. The maximum atomic E-state index is 12.5. The summed E-state index contributed by atoms with van der Waals surface area (Å²) >= 11 is 6.17. The zero-order valence-electron chi connectivity index (χ0n) is 24.5. The SMILES string of the molecule is C#CCOCCOCCOCCOCCNC(=O)c1ccc(CNc2nc(Cl)nc3c2cnn3[C@@H]2O[C@H](CO)[C@@H](O)[C@H]2O)cc1. The van der Waals surface area contributed by atoms with Crippen molar-refractivity contribution in [2.45, 2.75) is 31.1 Å². The molecule has 45 heavy (non-hydrogen) atoms. The van der Waals surface area contributed by atoms with E-state index in [2.05, 4.69) is 31.6 Å². The number of hydrogen-bond acceptors (Lipinski definition) is 13. The first-order valence-electron chi connectivity index (χ1n) is 14.3. The summed E-state index contributed by atoms with van der Waals surface area (Å²) in [7, 11) is 0. The fraction of sp³-hybridized carbons (Fsp3) is 0.517. The van der Waals surface area contributed by atoms with Crippen LogP contribution >= 0.6 is 11.6 Å². The number of halogens is 1. The third kappa shape index (κ3) is 9.78. The molecule has 0 radical (unpaired) electrons. The van der Waals surface area contributed by atoms with E-state index in [1.165, 1.54) is 10.9 Å². The zero-order valence-corrected chi connectivity index (χ0v) is 25.3. The Morgan fingerprint density at radius 2 is 1.67 bits per heavy atom. The van der Waals surface area contributed by atoms with Crippen LogP contribution in [0.15, 0.2) is 30.5 Å². The van der Waals surface area contributed by atoms with Crippen molar-refractivity contribution < 1.29 is 43.8 Å². The molecule has 1 aliphatic heterocycles. The summed E-state index contributed by atoms with van der Waals surface area (Å²) in [5.41, 5.74) is 1.65. The number of ether oxygens (including phenoxy) is 5. The third-order valence-electron chi connectivity index (χ3n) is 6.69. The van der Waals surface area contributed by atoms with Gasteiger partial charge in [0.2, 0.25) is 5.28 Å². The van der Waals surface area contributed by atoms with Crippen molar-refractivity contribution in [2.24, 2.45) is 0 Å². The first-order valence-corrected chi connectivity index (χ1v) is 14.7. The third-order valence-corrected chi connectivity index (χ3v) is 6.86. The summed E-state index contributed by atoms with van der Waals surface area (Å²) in [5.74, 6) is 2.55. The van der Waals surface area contributed by atoms with Gasteiger partial charge in [0.1, 0.15) is 30.7 Å². The molecular weight excluding hydrogens is 612 g/mol. The molecule has 16 heteroatoms. The molecule has 1 aliphatic rings. The van der Waals surface area contributed by atoms with Crippen LogP contribution in [0.3, 0.4) is 0 Å². The van der Waals surface area contributed by atoms with Crippen molar-refractivity contribution in [2.75, 3.05) is 71.3 Å². The number of aromatic nitrogens is 4. The lowest BCUT2D eigenvalue weighted by atomic mass is 10.1. The Balaban J connectivity index is 1.16. The molecule has 1 amide bonds. The normalized spacial score (nSPS) is 19.5. The first-order chi connectivity index (χ1) is 21.9. The molecule has 4 atom stereocenters. The van der Waals surface area contributed by atoms with Crippen LogP contribution in [0.5, 0.6) is 0 Å². The van der Waals surface area contributed by atoms with Gasteiger partial charge in [-0.3, -0.25) is 4.79 Å². The number of hydrogen-bond donors (Lipinski definition) is 5. The fourth-order valence-electron chi connectivity index (χ4n) is 4.39. The molecule has 5 N–H and O–H groups in total. The minimum Gasteiger partial charge on any atom is -0.394 e. The van der Waals surface area contributed by atoms with Crippen LogP contribution in [0.1, 0.15) is 22.1 Å². The minimum atomic E-state index is -1.33. The van der Waals surface area contributed by atoms with Crippen LogP contribution in [0.2, 0.25) is 5.28 Å². The molecule has 0 aliphatic carbocycles. The van der Waals surface area contributed by atoms with Gasteiger partial charge in [-0.2, -0.15) is 15.1 Å². The van der Waals surface area contributed by atoms with E-state index in [9.17, 15) is 20.1 Å². The number of amides is 1. The number of terminal acetylenes is 1. The summed E-state index contributed by atoms with van der Waals surface area (Å²) in [6, 6.07) is 7.05. The molecule has 0 spiro atoms. The van der Waals surface area contributed by atoms with E-state index in [4.69, 9.17) is 41.7 Å². The number of carbonyl (C=O) groups excluding carboxylic acids is 1. The van der Waals surface area contributed by atoms with E-state index in [1.54, 1.807) is 12.1 Å². The minimum absolute atomic E-state index is 0.0638. The topological polar surface area (TPSA) is 192 Å². The molecule has 4 rings (SSSR count). The average Bonchev–Trinajstić information content (AvgIpc) is 3.59. The van der Waals surface area contributed by atoms with E-state index in [0.29, 0.717) is 76.1 Å². The van der Waals surface area contributed by atoms with E-state index >= 15 is 0 Å². The predicted molar refractivity (Wildman–Crippen MR) is 162 cm³/mol. The van der Waals surface area contributed by atoms with Gasteiger partial charge in [0, 0.05) is 18.7 Å². The largest absolute Gasteiger partial charge is 0.394 e. The molecule has 3 aromatic rings. The van der Waals surface area contributed by atoms with E-state index in [1.807, 2.05) is 12.1 Å². The van der Waals surface area contributed by atoms with Crippen LogP contribution in [0.25, 0.3) is 11.0 Å². The summed E-state index contributed by atoms with van der Waals surface area (Å²) < 4.78 is 28.2. The molecule has 15 nitrogen and oxygen atoms in total. The van der Waals surface area contributed by atoms with Gasteiger partial charge in [0.25, 0.3) is 5.91 Å². The van der Waals surface area contributed by atoms with Gasteiger partial charge < -0.3 is 49.6 Å². The van der Waals surface area contributed by atoms with E-state index < -0.39 is 31.1 Å². The van der Waals surface area contributed by atoms with E-state index in [-0.39, 0.29) is 23.4 Å². The van der Waals surface area contributed by atoms with Crippen LogP contribution in [0, 0.1) is 12.3 Å². The summed E-state index contributed by atoms with van der Waals surface area (Å²) in [6.45, 7) is 3.49. The van der Waals surface area contributed by atoms with Gasteiger partial charge in [0.15, 0.2) is 11.9 Å². The summed E-state index contributed by atoms with van der Waals surface area (Å²) in [6.07, 6.45) is 1.93. The number of carbonyl (C=O) groups is 1. The molecule has 0 saturated carbocycles. The van der Waals surface area contributed by atoms with Gasteiger partial charge in [0.05, 0.1) is 64.4 Å². The lowest BCUT2D eigenvalue weighted by Crippen LogP contribution is -2.33. The van der Waals surface area contributed by atoms with Crippen molar-refractivity contribution in [3.63, 3.8) is 0 Å². The second kappa shape index (κ2) is 17.9. The second-order valence-electron chi connectivity index (χ2n) is 9.80. The van der Waals surface area contributed by atoms with Gasteiger partial charge in [-0.15, -0.1) is 6.42 Å². The van der Waals surface area contributed by atoms with Crippen LogP contribution in [0.4, 0.5) is 5.82 Å². The summed E-state index contributed by atoms with van der Waals surface area (Å²) in [5, 5.41) is 40.6. The average molecular weight is 649 g/mol. The Morgan fingerprint density at radius 1 is 1.00 bits per heavy atom. The second-order valence-corrected chi connectivity index (χ2v) is 10.1. The highest BCUT2D eigenvalue weighted by molar-refractivity contribution is 6.28. The van der Waals surface area contributed by atoms with Crippen LogP contribution in [-0.4, -0.2) is 125 Å². The molecule has 2 aromatic heterocycles. The summed E-state index contributed by atoms with van der Waals surface area (Å²) in [4.78, 5) is 21.0. The number of nitrogens with zero attached hydrogens (tertiary/aromatic N) is 4. The first kappa shape index (κ1) is 34.4. The number of aliphatic hydroxyl groups is 3. The number of nitrogens with one attached hydrogen (secondary N) is 2. The molecule has 1 aromatic carbocycles.